The molecule has 0 aliphatic carbocycles. The van der Waals surface area contributed by atoms with E-state index in [1.807, 2.05) is 25.1 Å². The molecule has 5 heteroatoms. The Labute approximate surface area is 104 Å². The highest BCUT2D eigenvalue weighted by Crippen LogP contribution is 2.19. The number of aliphatic imine (C=N–C) groups is 1. The number of rotatable bonds is 4. The maximum atomic E-state index is 5.47. The van der Waals surface area contributed by atoms with E-state index in [4.69, 9.17) is 10.6 Å². The van der Waals surface area contributed by atoms with Gasteiger partial charge in [-0.3, -0.25) is 4.99 Å². The molecule has 0 unspecified atom stereocenters. The zero-order valence-corrected chi connectivity index (χ0v) is 11.0. The summed E-state index contributed by atoms with van der Waals surface area (Å²) in [7, 11) is 1.65. The van der Waals surface area contributed by atoms with Crippen molar-refractivity contribution in [1.82, 2.24) is 5.43 Å². The molecule has 0 spiro atoms. The summed E-state index contributed by atoms with van der Waals surface area (Å²) in [6.45, 7) is 3.18. The van der Waals surface area contributed by atoms with Crippen LogP contribution in [0.4, 0.5) is 0 Å². The van der Waals surface area contributed by atoms with Crippen LogP contribution in [0.2, 0.25) is 0 Å². The summed E-state index contributed by atoms with van der Waals surface area (Å²) in [6.07, 6.45) is 0. The Morgan fingerprint density at radius 3 is 2.94 bits per heavy atom. The fourth-order valence-electron chi connectivity index (χ4n) is 1.32. The lowest BCUT2D eigenvalue weighted by molar-refractivity contribution is 0.208. The van der Waals surface area contributed by atoms with Gasteiger partial charge in [-0.2, -0.15) is 0 Å². The first-order valence-electron chi connectivity index (χ1n) is 4.96. The number of benzene rings is 1. The Hall–Kier alpha value is -0.910. The van der Waals surface area contributed by atoms with Crippen molar-refractivity contribution in [3.05, 3.63) is 33.8 Å². The number of hydrogen-bond acceptors (Lipinski definition) is 3. The van der Waals surface area contributed by atoms with Gasteiger partial charge in [-0.05, 0) is 18.6 Å². The third kappa shape index (κ3) is 3.30. The highest BCUT2D eigenvalue weighted by Gasteiger charge is 2.07. The molecule has 88 valence electrons. The first-order valence-corrected chi connectivity index (χ1v) is 5.75. The summed E-state index contributed by atoms with van der Waals surface area (Å²) < 4.78 is 5.98. The number of amidine groups is 1. The molecule has 0 atom stereocenters. The maximum Gasteiger partial charge on any atom is 0.142 e. The topological polar surface area (TPSA) is 59.6 Å². The lowest BCUT2D eigenvalue weighted by atomic mass is 10.1. The number of hydrogen-bond donors (Lipinski definition) is 2. The zero-order chi connectivity index (χ0) is 12.0. The summed E-state index contributed by atoms with van der Waals surface area (Å²) in [4.78, 5) is 4.34. The number of nitrogens with one attached hydrogen (secondary N) is 1. The molecule has 0 aromatic heterocycles. The van der Waals surface area contributed by atoms with Gasteiger partial charge >= 0.3 is 0 Å². The van der Waals surface area contributed by atoms with Crippen molar-refractivity contribution < 1.29 is 4.74 Å². The second-order valence-corrected chi connectivity index (χ2v) is 4.13. The van der Waals surface area contributed by atoms with Gasteiger partial charge in [0.25, 0.3) is 0 Å². The van der Waals surface area contributed by atoms with E-state index in [0.717, 1.165) is 15.6 Å². The minimum atomic E-state index is 0.582. The average molecular weight is 286 g/mol. The van der Waals surface area contributed by atoms with Crippen molar-refractivity contribution in [3.8, 4) is 0 Å². The highest BCUT2D eigenvalue weighted by molar-refractivity contribution is 9.10. The van der Waals surface area contributed by atoms with Gasteiger partial charge in [-0.25, -0.2) is 5.84 Å². The molecule has 16 heavy (non-hydrogen) atoms. The second-order valence-electron chi connectivity index (χ2n) is 3.28. The molecular formula is C11H16BrN3O. The number of nitrogens with zero attached hydrogens (tertiary/aromatic N) is 1. The molecule has 0 saturated heterocycles. The number of methoxy groups -OCH3 is 1. The third-order valence-corrected chi connectivity index (χ3v) is 3.08. The molecular weight excluding hydrogens is 270 g/mol. The van der Waals surface area contributed by atoms with Crippen molar-refractivity contribution in [2.24, 2.45) is 10.8 Å². The zero-order valence-electron chi connectivity index (χ0n) is 9.46. The van der Waals surface area contributed by atoms with Gasteiger partial charge < -0.3 is 10.2 Å². The molecule has 0 heterocycles. The van der Waals surface area contributed by atoms with Crippen LogP contribution >= 0.6 is 15.9 Å². The Kier molecular flexibility index (Phi) is 5.45. The molecule has 1 aromatic rings. The van der Waals surface area contributed by atoms with Crippen LogP contribution in [0.15, 0.2) is 27.7 Å². The number of halogens is 1. The summed E-state index contributed by atoms with van der Waals surface area (Å²) in [5, 5.41) is 0. The summed E-state index contributed by atoms with van der Waals surface area (Å²) in [6, 6.07) is 5.92. The predicted octanol–water partition coefficient (Wildman–Crippen LogP) is 1.61. The number of nitrogens with two attached hydrogens (primary N) is 1. The van der Waals surface area contributed by atoms with Crippen LogP contribution in [0.1, 0.15) is 11.1 Å². The predicted molar refractivity (Wildman–Crippen MR) is 69.5 cm³/mol. The fourth-order valence-corrected chi connectivity index (χ4v) is 1.69. The van der Waals surface area contributed by atoms with E-state index in [-0.39, 0.29) is 0 Å². The number of hydrazine groups is 1. The Morgan fingerprint density at radius 2 is 2.31 bits per heavy atom. The van der Waals surface area contributed by atoms with E-state index in [1.165, 1.54) is 0 Å². The van der Waals surface area contributed by atoms with Crippen molar-refractivity contribution >= 4 is 21.8 Å². The smallest absolute Gasteiger partial charge is 0.142 e. The monoisotopic (exact) mass is 285 g/mol. The van der Waals surface area contributed by atoms with Crippen molar-refractivity contribution in [1.29, 1.82) is 0 Å². The van der Waals surface area contributed by atoms with Gasteiger partial charge in [-0.15, -0.1) is 0 Å². The summed E-state index contributed by atoms with van der Waals surface area (Å²) in [5.41, 5.74) is 4.72. The molecule has 0 bridgehead atoms. The molecule has 0 saturated carbocycles. The molecule has 0 radical (unpaired) electrons. The molecule has 1 aromatic carbocycles. The standard InChI is InChI=1S/C11H16BrN3O/c1-8-9(4-3-5-10(8)12)11(15-13)14-6-7-16-2/h3-5H,6-7,13H2,1-2H3,(H,14,15). The van der Waals surface area contributed by atoms with Crippen LogP contribution in [-0.4, -0.2) is 26.1 Å². The van der Waals surface area contributed by atoms with E-state index >= 15 is 0 Å². The molecule has 0 aliphatic heterocycles. The third-order valence-electron chi connectivity index (χ3n) is 2.22. The van der Waals surface area contributed by atoms with Crippen molar-refractivity contribution in [2.45, 2.75) is 6.92 Å². The molecule has 4 nitrogen and oxygen atoms in total. The quantitative estimate of drug-likeness (QED) is 0.291. The van der Waals surface area contributed by atoms with Gasteiger partial charge in [0, 0.05) is 17.1 Å². The first-order chi connectivity index (χ1) is 7.70. The fraction of sp³-hybridized carbons (Fsp3) is 0.364. The largest absolute Gasteiger partial charge is 0.383 e. The lowest BCUT2D eigenvalue weighted by Crippen LogP contribution is -2.32. The average Bonchev–Trinajstić information content (AvgIpc) is 2.29. The van der Waals surface area contributed by atoms with E-state index in [9.17, 15) is 0 Å². The van der Waals surface area contributed by atoms with Gasteiger partial charge in [0.05, 0.1) is 13.2 Å². The van der Waals surface area contributed by atoms with Crippen LogP contribution in [0, 0.1) is 6.92 Å². The highest BCUT2D eigenvalue weighted by atomic mass is 79.9. The van der Waals surface area contributed by atoms with Gasteiger partial charge in [-0.1, -0.05) is 28.1 Å². The van der Waals surface area contributed by atoms with Gasteiger partial charge in [0.1, 0.15) is 5.84 Å². The minimum absolute atomic E-state index is 0.582. The normalized spacial score (nSPS) is 11.6. The molecule has 0 amide bonds. The van der Waals surface area contributed by atoms with Gasteiger partial charge in [0.15, 0.2) is 0 Å². The van der Waals surface area contributed by atoms with Crippen LogP contribution < -0.4 is 11.3 Å². The SMILES string of the molecule is COCCN=C(NN)c1cccc(Br)c1C. The van der Waals surface area contributed by atoms with Crippen LogP contribution in [-0.2, 0) is 4.74 Å². The Balaban J connectivity index is 2.95. The van der Waals surface area contributed by atoms with Crippen LogP contribution in [0.25, 0.3) is 0 Å². The molecule has 3 N–H and O–H groups in total. The van der Waals surface area contributed by atoms with Crippen molar-refractivity contribution in [3.63, 3.8) is 0 Å². The van der Waals surface area contributed by atoms with Crippen LogP contribution in [0.5, 0.6) is 0 Å². The lowest BCUT2D eigenvalue weighted by Gasteiger charge is -2.10. The molecule has 0 aliphatic rings. The van der Waals surface area contributed by atoms with Crippen LogP contribution in [0.3, 0.4) is 0 Å². The Morgan fingerprint density at radius 1 is 1.56 bits per heavy atom. The minimum Gasteiger partial charge on any atom is -0.383 e. The van der Waals surface area contributed by atoms with Crippen molar-refractivity contribution in [2.75, 3.05) is 20.3 Å². The number of ether oxygens (including phenoxy) is 1. The summed E-state index contributed by atoms with van der Waals surface area (Å²) in [5.74, 6) is 6.15. The van der Waals surface area contributed by atoms with E-state index in [1.54, 1.807) is 7.11 Å². The van der Waals surface area contributed by atoms with E-state index in [2.05, 4.69) is 26.3 Å². The van der Waals surface area contributed by atoms with E-state index < -0.39 is 0 Å². The van der Waals surface area contributed by atoms with Gasteiger partial charge in [0.2, 0.25) is 0 Å². The molecule has 0 fully saturated rings. The Bertz CT molecular complexity index is 379. The summed E-state index contributed by atoms with van der Waals surface area (Å²) >= 11 is 3.48. The first kappa shape index (κ1) is 13.2. The molecule has 1 rings (SSSR count). The second kappa shape index (κ2) is 6.62. The maximum absolute atomic E-state index is 5.47. The van der Waals surface area contributed by atoms with E-state index in [0.29, 0.717) is 19.0 Å².